The second kappa shape index (κ2) is 8.59. The summed E-state index contributed by atoms with van der Waals surface area (Å²) in [4.78, 5) is 22.4. The molecule has 0 aliphatic heterocycles. The molecular formula is C22H23O5P. The van der Waals surface area contributed by atoms with Crippen LogP contribution in [0.15, 0.2) is 66.7 Å². The number of aliphatic carboxylic acids is 1. The van der Waals surface area contributed by atoms with Gasteiger partial charge in [-0.25, -0.2) is 4.57 Å². The van der Waals surface area contributed by atoms with Crippen molar-refractivity contribution in [3.8, 4) is 5.75 Å². The number of benzene rings is 3. The Morgan fingerprint density at radius 1 is 1.04 bits per heavy atom. The highest BCUT2D eigenvalue weighted by molar-refractivity contribution is 7.52. The normalized spacial score (nSPS) is 14.4. The van der Waals surface area contributed by atoms with Crippen LogP contribution in [-0.4, -0.2) is 16.0 Å². The molecule has 3 aromatic rings. The maximum absolute atomic E-state index is 12.8. The lowest BCUT2D eigenvalue weighted by atomic mass is 9.89. The van der Waals surface area contributed by atoms with E-state index in [9.17, 15) is 19.4 Å². The van der Waals surface area contributed by atoms with E-state index in [2.05, 4.69) is 0 Å². The summed E-state index contributed by atoms with van der Waals surface area (Å²) < 4.78 is 18.3. The number of carboxylic acid groups (broad SMARTS) is 1. The van der Waals surface area contributed by atoms with Crippen molar-refractivity contribution in [2.24, 2.45) is 0 Å². The summed E-state index contributed by atoms with van der Waals surface area (Å²) in [6, 6.07) is 19.7. The molecule has 146 valence electrons. The average molecular weight is 398 g/mol. The van der Waals surface area contributed by atoms with E-state index in [0.717, 1.165) is 10.8 Å². The molecule has 0 radical (unpaired) electrons. The van der Waals surface area contributed by atoms with E-state index < -0.39 is 19.5 Å². The number of hydrogen-bond donors (Lipinski definition) is 2. The summed E-state index contributed by atoms with van der Waals surface area (Å²) in [5, 5.41) is 11.4. The molecule has 2 unspecified atom stereocenters. The van der Waals surface area contributed by atoms with E-state index in [1.165, 1.54) is 0 Å². The van der Waals surface area contributed by atoms with E-state index in [0.29, 0.717) is 24.0 Å². The number of carboxylic acids is 1. The number of rotatable bonds is 8. The van der Waals surface area contributed by atoms with Gasteiger partial charge in [-0.15, -0.1) is 0 Å². The molecule has 0 fully saturated rings. The van der Waals surface area contributed by atoms with Crippen LogP contribution < -0.4 is 4.52 Å². The zero-order valence-electron chi connectivity index (χ0n) is 15.6. The number of fused-ring (bicyclic) bond motifs is 1. The summed E-state index contributed by atoms with van der Waals surface area (Å²) in [6.45, 7) is 1.91. The standard InChI is InChI=1S/C22H23O5P/c1-2-8-19(22(23)24)21-18-12-7-6-11-17(18)13-14-20(21)27-28(25,26)15-16-9-4-3-5-10-16/h3-7,9-14,19H,2,8,15H2,1H3,(H,23,24)(H,25,26). The van der Waals surface area contributed by atoms with E-state index in [-0.39, 0.29) is 11.9 Å². The molecule has 2 atom stereocenters. The van der Waals surface area contributed by atoms with E-state index >= 15 is 0 Å². The minimum absolute atomic E-state index is 0.147. The van der Waals surface area contributed by atoms with E-state index in [1.807, 2.05) is 37.3 Å². The van der Waals surface area contributed by atoms with Crippen LogP contribution in [0.1, 0.15) is 36.8 Å². The third-order valence-electron chi connectivity index (χ3n) is 4.62. The van der Waals surface area contributed by atoms with Crippen molar-refractivity contribution < 1.29 is 23.9 Å². The van der Waals surface area contributed by atoms with Gasteiger partial charge in [0.25, 0.3) is 0 Å². The first-order chi connectivity index (χ1) is 13.4. The van der Waals surface area contributed by atoms with Crippen LogP contribution in [0.2, 0.25) is 0 Å². The molecule has 0 saturated heterocycles. The second-order valence-electron chi connectivity index (χ2n) is 6.75. The van der Waals surface area contributed by atoms with Gasteiger partial charge in [0.05, 0.1) is 12.1 Å². The molecule has 0 aromatic heterocycles. The molecule has 28 heavy (non-hydrogen) atoms. The number of hydrogen-bond acceptors (Lipinski definition) is 3. The quantitative estimate of drug-likeness (QED) is 0.485. The van der Waals surface area contributed by atoms with Gasteiger partial charge in [-0.2, -0.15) is 0 Å². The molecule has 0 bridgehead atoms. The fraction of sp³-hybridized carbons (Fsp3) is 0.227. The maximum atomic E-state index is 12.8. The van der Waals surface area contributed by atoms with Crippen molar-refractivity contribution >= 4 is 24.3 Å². The molecule has 5 nitrogen and oxygen atoms in total. The highest BCUT2D eigenvalue weighted by atomic mass is 31.2. The molecule has 0 amide bonds. The Hall–Kier alpha value is -2.62. The Labute approximate surface area is 164 Å². The van der Waals surface area contributed by atoms with Crippen molar-refractivity contribution in [3.63, 3.8) is 0 Å². The molecule has 0 aliphatic rings. The fourth-order valence-corrected chi connectivity index (χ4v) is 4.60. The van der Waals surface area contributed by atoms with Crippen molar-refractivity contribution in [3.05, 3.63) is 77.9 Å². The lowest BCUT2D eigenvalue weighted by Gasteiger charge is -2.21. The van der Waals surface area contributed by atoms with Crippen molar-refractivity contribution in [1.29, 1.82) is 0 Å². The van der Waals surface area contributed by atoms with Crippen LogP contribution in [0.5, 0.6) is 5.75 Å². The van der Waals surface area contributed by atoms with E-state index in [1.54, 1.807) is 36.4 Å². The maximum Gasteiger partial charge on any atom is 0.380 e. The Morgan fingerprint density at radius 3 is 2.39 bits per heavy atom. The van der Waals surface area contributed by atoms with Crippen LogP contribution in [-0.2, 0) is 15.5 Å². The van der Waals surface area contributed by atoms with Gasteiger partial charge < -0.3 is 14.5 Å². The van der Waals surface area contributed by atoms with Crippen molar-refractivity contribution in [1.82, 2.24) is 0 Å². The first kappa shape index (κ1) is 20.1. The highest BCUT2D eigenvalue weighted by Gasteiger charge is 2.29. The Balaban J connectivity index is 2.06. The zero-order chi connectivity index (χ0) is 20.1. The molecule has 0 heterocycles. The lowest BCUT2D eigenvalue weighted by molar-refractivity contribution is -0.139. The fourth-order valence-electron chi connectivity index (χ4n) is 3.39. The van der Waals surface area contributed by atoms with Gasteiger partial charge in [-0.1, -0.05) is 74.0 Å². The van der Waals surface area contributed by atoms with Gasteiger partial charge in [-0.05, 0) is 28.8 Å². The molecule has 2 N–H and O–H groups in total. The zero-order valence-corrected chi connectivity index (χ0v) is 16.5. The minimum atomic E-state index is -4.02. The van der Waals surface area contributed by atoms with Crippen LogP contribution in [0.4, 0.5) is 0 Å². The van der Waals surface area contributed by atoms with Crippen LogP contribution in [0.25, 0.3) is 10.8 Å². The molecule has 0 spiro atoms. The third kappa shape index (κ3) is 4.61. The first-order valence-electron chi connectivity index (χ1n) is 9.21. The Kier molecular flexibility index (Phi) is 6.18. The van der Waals surface area contributed by atoms with Gasteiger partial charge in [0, 0.05) is 5.56 Å². The van der Waals surface area contributed by atoms with Crippen LogP contribution >= 0.6 is 7.60 Å². The Morgan fingerprint density at radius 2 is 1.71 bits per heavy atom. The minimum Gasteiger partial charge on any atom is -0.481 e. The third-order valence-corrected chi connectivity index (χ3v) is 5.87. The molecule has 0 aliphatic carbocycles. The molecule has 0 saturated carbocycles. The van der Waals surface area contributed by atoms with E-state index in [4.69, 9.17) is 4.52 Å². The first-order valence-corrected chi connectivity index (χ1v) is 11.0. The summed E-state index contributed by atoms with van der Waals surface area (Å²) in [5.74, 6) is -1.64. The van der Waals surface area contributed by atoms with Crippen LogP contribution in [0, 0.1) is 0 Å². The summed E-state index contributed by atoms with van der Waals surface area (Å²) in [5.41, 5.74) is 1.13. The molecule has 3 aromatic carbocycles. The van der Waals surface area contributed by atoms with Gasteiger partial charge in [0.2, 0.25) is 0 Å². The van der Waals surface area contributed by atoms with Crippen molar-refractivity contribution in [2.75, 3.05) is 0 Å². The largest absolute Gasteiger partial charge is 0.481 e. The SMILES string of the molecule is CCCC(C(=O)O)c1c(OP(=O)(O)Cc2ccccc2)ccc2ccccc12. The molecule has 6 heteroatoms. The van der Waals surface area contributed by atoms with Gasteiger partial charge >= 0.3 is 13.6 Å². The molecular weight excluding hydrogens is 375 g/mol. The highest BCUT2D eigenvalue weighted by Crippen LogP contribution is 2.49. The van der Waals surface area contributed by atoms with Crippen LogP contribution in [0.3, 0.4) is 0 Å². The second-order valence-corrected chi connectivity index (χ2v) is 8.52. The number of carbonyl (C=O) groups is 1. The smallest absolute Gasteiger partial charge is 0.380 e. The van der Waals surface area contributed by atoms with Gasteiger partial charge in [0.1, 0.15) is 5.75 Å². The monoisotopic (exact) mass is 398 g/mol. The average Bonchev–Trinajstić information content (AvgIpc) is 2.66. The van der Waals surface area contributed by atoms with Gasteiger partial charge in [-0.3, -0.25) is 4.79 Å². The topological polar surface area (TPSA) is 83.8 Å². The summed E-state index contributed by atoms with van der Waals surface area (Å²) in [6.07, 6.45) is 0.931. The van der Waals surface area contributed by atoms with Crippen molar-refractivity contribution in [2.45, 2.75) is 31.8 Å². The lowest BCUT2D eigenvalue weighted by Crippen LogP contribution is -2.13. The molecule has 3 rings (SSSR count). The summed E-state index contributed by atoms with van der Waals surface area (Å²) >= 11 is 0. The Bertz CT molecular complexity index is 1020. The predicted octanol–water partition coefficient (Wildman–Crippen LogP) is 5.57. The summed E-state index contributed by atoms with van der Waals surface area (Å²) in [7, 11) is -4.02. The predicted molar refractivity (Wildman–Crippen MR) is 110 cm³/mol. The van der Waals surface area contributed by atoms with Gasteiger partial charge in [0.15, 0.2) is 0 Å².